The second kappa shape index (κ2) is 9.38. The number of nitrogens with zero attached hydrogens (tertiary/aromatic N) is 3. The second-order valence-electron chi connectivity index (χ2n) is 7.23. The van der Waals surface area contributed by atoms with Crippen molar-refractivity contribution in [3.63, 3.8) is 0 Å². The molecule has 0 saturated carbocycles. The van der Waals surface area contributed by atoms with Gasteiger partial charge in [-0.2, -0.15) is 0 Å². The Balaban J connectivity index is 1.55. The molecular weight excluding hydrogens is 480 g/mol. The first-order valence-electron chi connectivity index (χ1n) is 9.79. The molecule has 1 heterocycles. The summed E-state index contributed by atoms with van der Waals surface area (Å²) in [4.78, 5) is 38.3. The van der Waals surface area contributed by atoms with Gasteiger partial charge >= 0.3 is 0 Å². The van der Waals surface area contributed by atoms with Crippen LogP contribution in [0.3, 0.4) is 0 Å². The Hall–Kier alpha value is -4.15. The Kier molecular flexibility index (Phi) is 6.35. The number of aromatic nitrogens is 1. The van der Waals surface area contributed by atoms with E-state index in [1.165, 1.54) is 18.3 Å². The lowest BCUT2D eigenvalue weighted by Gasteiger charge is -2.09. The summed E-state index contributed by atoms with van der Waals surface area (Å²) in [5.74, 6) is -0.685. The van der Waals surface area contributed by atoms with Gasteiger partial charge in [0.25, 0.3) is 17.3 Å². The molecule has 4 aromatic rings. The number of anilines is 1. The minimum Gasteiger partial charge on any atom is -0.322 e. The number of non-ortho nitro benzene ring substituents is 1. The normalized spacial score (nSPS) is 10.6. The third-order valence-electron chi connectivity index (χ3n) is 5.05. The molecule has 0 fully saturated rings. The van der Waals surface area contributed by atoms with Crippen LogP contribution in [-0.4, -0.2) is 20.7 Å². The van der Waals surface area contributed by atoms with E-state index in [1.54, 1.807) is 36.4 Å². The number of nitro benzene ring substituents is 2. The first-order valence-corrected chi connectivity index (χ1v) is 11.1. The number of carbonyl (C=O) groups is 1. The zero-order valence-electron chi connectivity index (χ0n) is 17.5. The topological polar surface area (TPSA) is 128 Å². The van der Waals surface area contributed by atoms with Crippen molar-refractivity contribution < 1.29 is 14.6 Å². The van der Waals surface area contributed by atoms with E-state index in [-0.39, 0.29) is 11.1 Å². The van der Waals surface area contributed by atoms with Crippen molar-refractivity contribution in [3.05, 3.63) is 102 Å². The van der Waals surface area contributed by atoms with E-state index in [4.69, 9.17) is 11.6 Å². The van der Waals surface area contributed by atoms with Crippen LogP contribution in [0.15, 0.2) is 66.0 Å². The molecule has 4 rings (SSSR count). The van der Waals surface area contributed by atoms with Gasteiger partial charge in [0.1, 0.15) is 5.01 Å². The molecule has 0 atom stereocenters. The Morgan fingerprint density at radius 2 is 1.62 bits per heavy atom. The van der Waals surface area contributed by atoms with Crippen molar-refractivity contribution in [3.8, 4) is 21.8 Å². The van der Waals surface area contributed by atoms with Gasteiger partial charge in [-0.05, 0) is 31.2 Å². The fraction of sp³-hybridized carbons (Fsp3) is 0.0435. The van der Waals surface area contributed by atoms with Gasteiger partial charge in [-0.25, -0.2) is 4.98 Å². The Morgan fingerprint density at radius 1 is 0.971 bits per heavy atom. The van der Waals surface area contributed by atoms with Crippen LogP contribution in [0.5, 0.6) is 0 Å². The number of amides is 1. The van der Waals surface area contributed by atoms with Gasteiger partial charge in [0, 0.05) is 38.8 Å². The fourth-order valence-electron chi connectivity index (χ4n) is 3.27. The molecule has 1 amide bonds. The van der Waals surface area contributed by atoms with Crippen LogP contribution < -0.4 is 5.32 Å². The summed E-state index contributed by atoms with van der Waals surface area (Å²) >= 11 is 7.43. The number of benzene rings is 3. The van der Waals surface area contributed by atoms with Crippen LogP contribution in [0.1, 0.15) is 15.9 Å². The molecule has 0 bridgehead atoms. The van der Waals surface area contributed by atoms with E-state index < -0.39 is 27.1 Å². The molecule has 11 heteroatoms. The summed E-state index contributed by atoms with van der Waals surface area (Å²) in [5, 5.41) is 28.4. The molecule has 0 aliphatic heterocycles. The highest BCUT2D eigenvalue weighted by molar-refractivity contribution is 7.13. The molecule has 0 unspecified atom stereocenters. The van der Waals surface area contributed by atoms with Crippen LogP contribution in [-0.2, 0) is 0 Å². The SMILES string of the molecule is Cc1c(C(=O)Nc2ccc(-c3csc(-c4ccc(Cl)cc4)n3)cc2)cc([N+](=O)[O-])cc1[N+](=O)[O-]. The minimum atomic E-state index is -0.774. The third-order valence-corrected chi connectivity index (χ3v) is 6.19. The number of rotatable bonds is 6. The number of halogens is 1. The van der Waals surface area contributed by atoms with Crippen LogP contribution in [0.25, 0.3) is 21.8 Å². The fourth-order valence-corrected chi connectivity index (χ4v) is 4.23. The van der Waals surface area contributed by atoms with Crippen molar-refractivity contribution in [2.24, 2.45) is 0 Å². The molecule has 0 saturated heterocycles. The van der Waals surface area contributed by atoms with E-state index in [1.807, 2.05) is 17.5 Å². The summed E-state index contributed by atoms with van der Waals surface area (Å²) < 4.78 is 0. The first-order chi connectivity index (χ1) is 16.2. The van der Waals surface area contributed by atoms with Gasteiger partial charge in [-0.3, -0.25) is 25.0 Å². The van der Waals surface area contributed by atoms with Gasteiger partial charge in [0.2, 0.25) is 0 Å². The molecule has 0 spiro atoms. The van der Waals surface area contributed by atoms with Gasteiger partial charge in [-0.15, -0.1) is 11.3 Å². The monoisotopic (exact) mass is 494 g/mol. The molecule has 1 N–H and O–H groups in total. The van der Waals surface area contributed by atoms with Crippen LogP contribution in [0.2, 0.25) is 5.02 Å². The molecule has 9 nitrogen and oxygen atoms in total. The van der Waals surface area contributed by atoms with E-state index in [0.29, 0.717) is 10.7 Å². The number of nitro groups is 2. The second-order valence-corrected chi connectivity index (χ2v) is 8.52. The van der Waals surface area contributed by atoms with Gasteiger partial charge in [0.05, 0.1) is 27.2 Å². The zero-order valence-corrected chi connectivity index (χ0v) is 19.1. The number of nitrogens with one attached hydrogen (secondary N) is 1. The van der Waals surface area contributed by atoms with E-state index in [0.717, 1.165) is 34.0 Å². The highest BCUT2D eigenvalue weighted by Gasteiger charge is 2.24. The molecule has 0 radical (unpaired) electrons. The molecule has 1 aromatic heterocycles. The molecule has 3 aromatic carbocycles. The lowest BCUT2D eigenvalue weighted by molar-refractivity contribution is -0.394. The average Bonchev–Trinajstić information content (AvgIpc) is 3.30. The summed E-state index contributed by atoms with van der Waals surface area (Å²) in [6.45, 7) is 1.38. The quantitative estimate of drug-likeness (QED) is 0.240. The van der Waals surface area contributed by atoms with Gasteiger partial charge < -0.3 is 5.32 Å². The van der Waals surface area contributed by atoms with E-state index >= 15 is 0 Å². The van der Waals surface area contributed by atoms with Crippen LogP contribution in [0, 0.1) is 27.2 Å². The Bertz CT molecular complexity index is 1420. The highest BCUT2D eigenvalue weighted by Crippen LogP contribution is 2.31. The van der Waals surface area contributed by atoms with Crippen molar-refractivity contribution in [2.45, 2.75) is 6.92 Å². The van der Waals surface area contributed by atoms with Gasteiger partial charge in [0.15, 0.2) is 0 Å². The molecular formula is C23H15ClN4O5S. The van der Waals surface area contributed by atoms with Crippen molar-refractivity contribution >= 4 is 45.9 Å². The Morgan fingerprint density at radius 3 is 2.24 bits per heavy atom. The predicted molar refractivity (Wildman–Crippen MR) is 130 cm³/mol. The maximum absolute atomic E-state index is 12.7. The third kappa shape index (κ3) is 4.77. The lowest BCUT2D eigenvalue weighted by Crippen LogP contribution is -2.14. The predicted octanol–water partition coefficient (Wildman–Crippen LogP) is 6.51. The van der Waals surface area contributed by atoms with Gasteiger partial charge in [-0.1, -0.05) is 35.9 Å². The van der Waals surface area contributed by atoms with Crippen molar-refractivity contribution in [2.75, 3.05) is 5.32 Å². The number of thiazole rings is 1. The largest absolute Gasteiger partial charge is 0.322 e. The molecule has 170 valence electrons. The smallest absolute Gasteiger partial charge is 0.279 e. The van der Waals surface area contributed by atoms with Crippen LogP contribution >= 0.6 is 22.9 Å². The van der Waals surface area contributed by atoms with Crippen molar-refractivity contribution in [1.82, 2.24) is 4.98 Å². The molecule has 0 aliphatic carbocycles. The summed E-state index contributed by atoms with van der Waals surface area (Å²) in [6.07, 6.45) is 0. The highest BCUT2D eigenvalue weighted by atomic mass is 35.5. The van der Waals surface area contributed by atoms with E-state index in [9.17, 15) is 25.0 Å². The average molecular weight is 495 g/mol. The lowest BCUT2D eigenvalue weighted by atomic mass is 10.0. The summed E-state index contributed by atoms with van der Waals surface area (Å²) in [5.41, 5.74) is 1.85. The van der Waals surface area contributed by atoms with E-state index in [2.05, 4.69) is 10.3 Å². The Labute approximate surface area is 202 Å². The standard InChI is InChI=1S/C23H15ClN4O5S/c1-13-19(10-18(27(30)31)11-21(13)28(32)33)22(29)25-17-8-4-14(5-9-17)20-12-34-23(26-20)15-2-6-16(24)7-3-15/h2-12H,1H3,(H,25,29). The minimum absolute atomic E-state index is 0.0434. The number of carbonyl (C=O) groups excluding carboxylic acids is 1. The van der Waals surface area contributed by atoms with Crippen LogP contribution in [0.4, 0.5) is 17.1 Å². The number of hydrogen-bond donors (Lipinski definition) is 1. The zero-order chi connectivity index (χ0) is 24.4. The molecule has 34 heavy (non-hydrogen) atoms. The maximum atomic E-state index is 12.7. The summed E-state index contributed by atoms with van der Waals surface area (Å²) in [7, 11) is 0. The van der Waals surface area contributed by atoms with Crippen molar-refractivity contribution in [1.29, 1.82) is 0 Å². The number of hydrogen-bond acceptors (Lipinski definition) is 7. The maximum Gasteiger partial charge on any atom is 0.279 e. The summed E-state index contributed by atoms with van der Waals surface area (Å²) in [6, 6.07) is 16.1. The first kappa shape index (κ1) is 23.0. The molecule has 0 aliphatic rings.